The number of carboxylic acids is 1. The van der Waals surface area contributed by atoms with Crippen molar-refractivity contribution < 1.29 is 19.5 Å². The lowest BCUT2D eigenvalue weighted by Crippen LogP contribution is -2.47. The van der Waals surface area contributed by atoms with Gasteiger partial charge in [-0.05, 0) is 24.5 Å². The molecule has 2 amide bonds. The smallest absolute Gasteiger partial charge is 0.335 e. The Kier molecular flexibility index (Phi) is 5.36. The Morgan fingerprint density at radius 2 is 1.83 bits per heavy atom. The Bertz CT molecular complexity index is 606. The molecule has 0 radical (unpaired) electrons. The number of carbonyl (C=O) groups is 3. The van der Waals surface area contributed by atoms with Crippen LogP contribution in [-0.4, -0.2) is 58.9 Å². The van der Waals surface area contributed by atoms with Gasteiger partial charge < -0.3 is 14.9 Å². The van der Waals surface area contributed by atoms with E-state index in [4.69, 9.17) is 0 Å². The van der Waals surface area contributed by atoms with Crippen molar-refractivity contribution in [3.05, 3.63) is 35.4 Å². The lowest BCUT2D eigenvalue weighted by Gasteiger charge is -2.36. The summed E-state index contributed by atoms with van der Waals surface area (Å²) in [6.45, 7) is 2.73. The van der Waals surface area contributed by atoms with Gasteiger partial charge in [-0.2, -0.15) is 0 Å². The van der Waals surface area contributed by atoms with Crippen LogP contribution >= 0.6 is 0 Å². The van der Waals surface area contributed by atoms with Crippen LogP contribution in [0.5, 0.6) is 0 Å². The van der Waals surface area contributed by atoms with Crippen molar-refractivity contribution in [2.24, 2.45) is 0 Å². The number of nitrogens with zero attached hydrogens (tertiary/aromatic N) is 2. The zero-order valence-electron chi connectivity index (χ0n) is 13.5. The van der Waals surface area contributed by atoms with Crippen LogP contribution in [0.1, 0.15) is 35.7 Å². The van der Waals surface area contributed by atoms with Crippen molar-refractivity contribution in [2.75, 3.05) is 20.1 Å². The minimum Gasteiger partial charge on any atom is -0.478 e. The number of hydrogen-bond acceptors (Lipinski definition) is 3. The van der Waals surface area contributed by atoms with Gasteiger partial charge in [-0.15, -0.1) is 0 Å². The van der Waals surface area contributed by atoms with Gasteiger partial charge in [0.15, 0.2) is 0 Å². The van der Waals surface area contributed by atoms with E-state index < -0.39 is 5.97 Å². The highest BCUT2D eigenvalue weighted by Gasteiger charge is 2.26. The first-order chi connectivity index (χ1) is 10.9. The number of amides is 2. The quantitative estimate of drug-likeness (QED) is 0.910. The monoisotopic (exact) mass is 318 g/mol. The third kappa shape index (κ3) is 4.09. The van der Waals surface area contributed by atoms with Crippen LogP contribution in [0.15, 0.2) is 24.3 Å². The fraction of sp³-hybridized carbons (Fsp3) is 0.471. The summed E-state index contributed by atoms with van der Waals surface area (Å²) in [7, 11) is 1.79. The second-order valence-electron chi connectivity index (χ2n) is 5.88. The Morgan fingerprint density at radius 1 is 1.22 bits per heavy atom. The summed E-state index contributed by atoms with van der Waals surface area (Å²) in [5, 5.41) is 9.17. The molecule has 23 heavy (non-hydrogen) atoms. The summed E-state index contributed by atoms with van der Waals surface area (Å²) >= 11 is 0. The number of hydrogen-bond donors (Lipinski definition) is 1. The van der Waals surface area contributed by atoms with Crippen LogP contribution < -0.4 is 0 Å². The van der Waals surface area contributed by atoms with E-state index >= 15 is 0 Å². The maximum atomic E-state index is 12.4. The minimum absolute atomic E-state index is 0.0326. The summed E-state index contributed by atoms with van der Waals surface area (Å²) in [4.78, 5) is 38.5. The maximum Gasteiger partial charge on any atom is 0.335 e. The van der Waals surface area contributed by atoms with Gasteiger partial charge >= 0.3 is 5.97 Å². The van der Waals surface area contributed by atoms with E-state index in [9.17, 15) is 19.5 Å². The van der Waals surface area contributed by atoms with E-state index in [1.807, 2.05) is 0 Å². The average Bonchev–Trinajstić information content (AvgIpc) is 2.54. The zero-order valence-corrected chi connectivity index (χ0v) is 13.5. The SMILES string of the molecule is CC(=O)N(C)C1CCN(C(=O)Cc2ccccc2C(=O)O)CC1. The number of benzene rings is 1. The molecule has 0 unspecified atom stereocenters. The summed E-state index contributed by atoms with van der Waals surface area (Å²) in [6, 6.07) is 6.75. The molecule has 0 aromatic heterocycles. The molecule has 6 heteroatoms. The first kappa shape index (κ1) is 17.0. The molecular weight excluding hydrogens is 296 g/mol. The van der Waals surface area contributed by atoms with Crippen molar-refractivity contribution in [3.63, 3.8) is 0 Å². The average molecular weight is 318 g/mol. The predicted octanol–water partition coefficient (Wildman–Crippen LogP) is 1.40. The Hall–Kier alpha value is -2.37. The van der Waals surface area contributed by atoms with Gasteiger partial charge in [-0.3, -0.25) is 9.59 Å². The fourth-order valence-corrected chi connectivity index (χ4v) is 2.92. The van der Waals surface area contributed by atoms with E-state index in [1.165, 1.54) is 6.07 Å². The number of piperidine rings is 1. The molecular formula is C17H22N2O4. The third-order valence-electron chi connectivity index (χ3n) is 4.45. The second kappa shape index (κ2) is 7.26. The van der Waals surface area contributed by atoms with Gasteiger partial charge in [0.2, 0.25) is 11.8 Å². The van der Waals surface area contributed by atoms with E-state index in [1.54, 1.807) is 42.0 Å². The predicted molar refractivity (Wildman–Crippen MR) is 85.2 cm³/mol. The van der Waals surface area contributed by atoms with E-state index in [2.05, 4.69) is 0 Å². The molecule has 6 nitrogen and oxygen atoms in total. The first-order valence-corrected chi connectivity index (χ1v) is 7.72. The van der Waals surface area contributed by atoms with Gasteiger partial charge in [0.05, 0.1) is 12.0 Å². The van der Waals surface area contributed by atoms with Crippen LogP contribution in [-0.2, 0) is 16.0 Å². The number of aromatic carboxylic acids is 1. The van der Waals surface area contributed by atoms with E-state index in [-0.39, 0.29) is 29.8 Å². The zero-order chi connectivity index (χ0) is 17.0. The van der Waals surface area contributed by atoms with Gasteiger partial charge in [0.1, 0.15) is 0 Å². The maximum absolute atomic E-state index is 12.4. The molecule has 1 N–H and O–H groups in total. The number of likely N-dealkylation sites (tertiary alicyclic amines) is 1. The topological polar surface area (TPSA) is 77.9 Å². The van der Waals surface area contributed by atoms with Crippen LogP contribution in [0.4, 0.5) is 0 Å². The van der Waals surface area contributed by atoms with Gasteiger partial charge in [0.25, 0.3) is 0 Å². The molecule has 1 saturated heterocycles. The van der Waals surface area contributed by atoms with E-state index in [0.29, 0.717) is 18.7 Å². The third-order valence-corrected chi connectivity index (χ3v) is 4.45. The number of carbonyl (C=O) groups excluding carboxylic acids is 2. The largest absolute Gasteiger partial charge is 0.478 e. The Labute approximate surface area is 135 Å². The molecule has 0 aliphatic carbocycles. The molecule has 0 atom stereocenters. The molecule has 1 aliphatic rings. The molecule has 0 spiro atoms. The van der Waals surface area contributed by atoms with Gasteiger partial charge in [0, 0.05) is 33.1 Å². The van der Waals surface area contributed by atoms with Gasteiger partial charge in [-0.25, -0.2) is 4.79 Å². The van der Waals surface area contributed by atoms with Crippen LogP contribution in [0.25, 0.3) is 0 Å². The molecule has 1 aliphatic heterocycles. The normalized spacial score (nSPS) is 15.3. The molecule has 1 aromatic carbocycles. The second-order valence-corrected chi connectivity index (χ2v) is 5.88. The molecule has 0 saturated carbocycles. The number of carboxylic acid groups (broad SMARTS) is 1. The lowest BCUT2D eigenvalue weighted by atomic mass is 10.0. The minimum atomic E-state index is -1.02. The van der Waals surface area contributed by atoms with Crippen molar-refractivity contribution in [2.45, 2.75) is 32.2 Å². The van der Waals surface area contributed by atoms with Crippen molar-refractivity contribution in [1.29, 1.82) is 0 Å². The molecule has 1 fully saturated rings. The highest BCUT2D eigenvalue weighted by atomic mass is 16.4. The Balaban J connectivity index is 1.96. The lowest BCUT2D eigenvalue weighted by molar-refractivity contribution is -0.134. The molecule has 1 aromatic rings. The van der Waals surface area contributed by atoms with Crippen molar-refractivity contribution in [1.82, 2.24) is 9.80 Å². The Morgan fingerprint density at radius 3 is 2.39 bits per heavy atom. The molecule has 1 heterocycles. The molecule has 2 rings (SSSR count). The highest BCUT2D eigenvalue weighted by Crippen LogP contribution is 2.18. The summed E-state index contributed by atoms with van der Waals surface area (Å²) in [5.74, 6) is -1.05. The first-order valence-electron chi connectivity index (χ1n) is 7.72. The highest BCUT2D eigenvalue weighted by molar-refractivity contribution is 5.91. The standard InChI is InChI=1S/C17H22N2O4/c1-12(20)18(2)14-7-9-19(10-8-14)16(21)11-13-5-3-4-6-15(13)17(22)23/h3-6,14H,7-11H2,1-2H3,(H,22,23). The summed E-state index contributed by atoms with van der Waals surface area (Å²) < 4.78 is 0. The van der Waals surface area contributed by atoms with Crippen LogP contribution in [0.3, 0.4) is 0 Å². The van der Waals surface area contributed by atoms with Crippen molar-refractivity contribution in [3.8, 4) is 0 Å². The van der Waals surface area contributed by atoms with E-state index in [0.717, 1.165) is 12.8 Å². The number of rotatable bonds is 4. The van der Waals surface area contributed by atoms with Crippen molar-refractivity contribution >= 4 is 17.8 Å². The summed E-state index contributed by atoms with van der Waals surface area (Å²) in [6.07, 6.45) is 1.60. The molecule has 0 bridgehead atoms. The van der Waals surface area contributed by atoms with Crippen LogP contribution in [0.2, 0.25) is 0 Å². The van der Waals surface area contributed by atoms with Gasteiger partial charge in [-0.1, -0.05) is 18.2 Å². The fourth-order valence-electron chi connectivity index (χ4n) is 2.92. The molecule has 124 valence electrons. The van der Waals surface area contributed by atoms with Crippen LogP contribution in [0, 0.1) is 0 Å². The summed E-state index contributed by atoms with van der Waals surface area (Å²) in [5.41, 5.74) is 0.708.